The molecule has 0 aromatic rings. The van der Waals surface area contributed by atoms with Crippen LogP contribution >= 0.6 is 11.8 Å². The lowest BCUT2D eigenvalue weighted by Crippen LogP contribution is -2.40. The van der Waals surface area contributed by atoms with Gasteiger partial charge >= 0.3 is 0 Å². The lowest BCUT2D eigenvalue weighted by Gasteiger charge is -2.17. The van der Waals surface area contributed by atoms with E-state index in [9.17, 15) is 30.0 Å². The van der Waals surface area contributed by atoms with Crippen LogP contribution in [0.4, 0.5) is 0 Å². The minimum absolute atomic E-state index is 0.0525. The molecule has 10 N–H and O–H groups in total. The van der Waals surface area contributed by atoms with Gasteiger partial charge in [0.15, 0.2) is 0 Å². The van der Waals surface area contributed by atoms with Crippen LogP contribution in [0.3, 0.4) is 0 Å². The molecule has 0 rings (SSSR count). The number of hydrogen-bond donors (Lipinski definition) is 10. The van der Waals surface area contributed by atoms with Gasteiger partial charge in [-0.25, -0.2) is 10.9 Å². The van der Waals surface area contributed by atoms with Crippen molar-refractivity contribution in [2.75, 3.05) is 24.7 Å². The minimum atomic E-state index is -1.66. The minimum Gasteiger partial charge on any atom is -0.394 e. The van der Waals surface area contributed by atoms with E-state index in [2.05, 4.69) is 21.1 Å². The molecule has 31 heavy (non-hydrogen) atoms. The fourth-order valence-corrected chi connectivity index (χ4v) is 2.63. The second kappa shape index (κ2) is 16.9. The molecule has 0 radical (unpaired) electrons. The highest BCUT2D eigenvalue weighted by atomic mass is 32.2. The number of thioether (sulfide) groups is 1. The van der Waals surface area contributed by atoms with Crippen LogP contribution in [0, 0.1) is 0 Å². The molecule has 0 aromatic carbocycles. The summed E-state index contributed by atoms with van der Waals surface area (Å²) in [6, 6.07) is 0. The molecule has 0 bridgehead atoms. The SMILES string of the molecule is O=C(CCSCCC(=O)N/N=C/[C@H](O)[C@H](O)[C@H](O)CO)N/N=C/[C@H](O)[C@H](O)[C@H](O)CO. The molecule has 0 saturated heterocycles. The molecular formula is C16H30N4O10S. The second-order valence-corrected chi connectivity index (χ2v) is 7.43. The Balaban J connectivity index is 3.94. The van der Waals surface area contributed by atoms with Crippen LogP contribution in [0.1, 0.15) is 12.8 Å². The second-order valence-electron chi connectivity index (χ2n) is 6.20. The van der Waals surface area contributed by atoms with Crippen molar-refractivity contribution in [2.24, 2.45) is 10.2 Å². The lowest BCUT2D eigenvalue weighted by atomic mass is 10.1. The Morgan fingerprint density at radius 3 is 1.42 bits per heavy atom. The number of amides is 2. The largest absolute Gasteiger partial charge is 0.394 e. The third-order valence-electron chi connectivity index (χ3n) is 3.64. The van der Waals surface area contributed by atoms with Crippen LogP contribution in [0.25, 0.3) is 0 Å². The Kier molecular flexibility index (Phi) is 16.0. The van der Waals surface area contributed by atoms with E-state index in [0.717, 1.165) is 12.4 Å². The molecule has 2 amide bonds. The van der Waals surface area contributed by atoms with Crippen molar-refractivity contribution in [3.63, 3.8) is 0 Å². The number of hydrogen-bond acceptors (Lipinski definition) is 13. The first kappa shape index (κ1) is 29.3. The van der Waals surface area contributed by atoms with Gasteiger partial charge in [-0.15, -0.1) is 0 Å². The summed E-state index contributed by atoms with van der Waals surface area (Å²) in [5.41, 5.74) is 4.22. The molecule has 0 aromatic heterocycles. The molecule has 0 spiro atoms. The fourth-order valence-electron chi connectivity index (χ4n) is 1.76. The van der Waals surface area contributed by atoms with Crippen LogP contribution in [0.2, 0.25) is 0 Å². The molecule has 0 aliphatic rings. The summed E-state index contributed by atoms with van der Waals surface area (Å²) in [4.78, 5) is 23.1. The van der Waals surface area contributed by atoms with Crippen molar-refractivity contribution in [3.05, 3.63) is 0 Å². The Bertz CT molecular complexity index is 535. The molecule has 0 fully saturated rings. The summed E-state index contributed by atoms with van der Waals surface area (Å²) in [6.07, 6.45) is -7.86. The highest BCUT2D eigenvalue weighted by Crippen LogP contribution is 2.04. The Morgan fingerprint density at radius 1 is 0.742 bits per heavy atom. The summed E-state index contributed by atoms with van der Waals surface area (Å²) in [6.45, 7) is -1.50. The first-order chi connectivity index (χ1) is 14.6. The van der Waals surface area contributed by atoms with Crippen molar-refractivity contribution in [3.8, 4) is 0 Å². The molecular weight excluding hydrogens is 440 g/mol. The van der Waals surface area contributed by atoms with Gasteiger partial charge in [0, 0.05) is 24.3 Å². The third-order valence-corrected chi connectivity index (χ3v) is 4.63. The molecule has 15 heteroatoms. The monoisotopic (exact) mass is 470 g/mol. The van der Waals surface area contributed by atoms with E-state index in [0.29, 0.717) is 11.5 Å². The highest BCUT2D eigenvalue weighted by Gasteiger charge is 2.23. The van der Waals surface area contributed by atoms with Gasteiger partial charge in [-0.05, 0) is 0 Å². The Labute approximate surface area is 182 Å². The van der Waals surface area contributed by atoms with Gasteiger partial charge in [0.05, 0.1) is 25.6 Å². The zero-order valence-corrected chi connectivity index (χ0v) is 17.4. The number of rotatable bonds is 16. The number of nitrogens with zero attached hydrogens (tertiary/aromatic N) is 2. The summed E-state index contributed by atoms with van der Waals surface area (Å²) in [5.74, 6) is -0.258. The van der Waals surface area contributed by atoms with Gasteiger partial charge in [-0.3, -0.25) is 9.59 Å². The molecule has 0 saturated carbocycles. The van der Waals surface area contributed by atoms with Gasteiger partial charge < -0.3 is 40.9 Å². The standard InChI is InChI=1S/C16H30N4O10S/c21-7-11(25)15(29)9(23)5-17-19-13(27)1-3-31-4-2-14(28)20-18-6-10(24)16(30)12(26)8-22/h5-6,9-12,15-16,21-26,29-30H,1-4,7-8H2,(H,19,27)(H,20,28)/b17-5+,18-6+/t9-,10-,11+,12+,15-,16-/m0/s1. The average molecular weight is 471 g/mol. The predicted octanol–water partition coefficient (Wildman–Crippen LogP) is -5.15. The maximum Gasteiger partial charge on any atom is 0.240 e. The van der Waals surface area contributed by atoms with E-state index in [1.165, 1.54) is 11.8 Å². The van der Waals surface area contributed by atoms with Gasteiger partial charge in [0.25, 0.3) is 0 Å². The van der Waals surface area contributed by atoms with E-state index in [1.54, 1.807) is 0 Å². The molecule has 14 nitrogen and oxygen atoms in total. The zero-order chi connectivity index (χ0) is 23.8. The predicted molar refractivity (Wildman–Crippen MR) is 110 cm³/mol. The van der Waals surface area contributed by atoms with E-state index in [4.69, 9.17) is 20.4 Å². The van der Waals surface area contributed by atoms with Crippen molar-refractivity contribution in [1.82, 2.24) is 10.9 Å². The van der Waals surface area contributed by atoms with Gasteiger partial charge in [-0.1, -0.05) is 0 Å². The van der Waals surface area contributed by atoms with Gasteiger partial charge in [0.2, 0.25) is 11.8 Å². The Hall–Kier alpha value is -1.69. The third kappa shape index (κ3) is 13.4. The van der Waals surface area contributed by atoms with E-state index in [1.807, 2.05) is 0 Å². The van der Waals surface area contributed by atoms with Gasteiger partial charge in [-0.2, -0.15) is 22.0 Å². The highest BCUT2D eigenvalue weighted by molar-refractivity contribution is 7.99. The van der Waals surface area contributed by atoms with Crippen molar-refractivity contribution < 1.29 is 50.4 Å². The number of aliphatic hydroxyl groups excluding tert-OH is 8. The maximum absolute atomic E-state index is 11.6. The maximum atomic E-state index is 11.6. The average Bonchev–Trinajstić information content (AvgIpc) is 2.76. The van der Waals surface area contributed by atoms with E-state index in [-0.39, 0.29) is 12.8 Å². The van der Waals surface area contributed by atoms with Crippen LogP contribution in [0.5, 0.6) is 0 Å². The fraction of sp³-hybridized carbons (Fsp3) is 0.750. The summed E-state index contributed by atoms with van der Waals surface area (Å²) in [7, 11) is 0. The molecule has 6 atom stereocenters. The smallest absolute Gasteiger partial charge is 0.240 e. The van der Waals surface area contributed by atoms with Crippen LogP contribution in [-0.4, -0.2) is 126 Å². The van der Waals surface area contributed by atoms with Crippen molar-refractivity contribution >= 4 is 36.0 Å². The molecule has 180 valence electrons. The van der Waals surface area contributed by atoms with E-state index >= 15 is 0 Å². The number of hydrazone groups is 2. The number of aliphatic hydroxyl groups is 8. The van der Waals surface area contributed by atoms with Crippen LogP contribution < -0.4 is 10.9 Å². The molecule has 0 heterocycles. The lowest BCUT2D eigenvalue weighted by molar-refractivity contribution is -0.121. The van der Waals surface area contributed by atoms with Crippen LogP contribution in [-0.2, 0) is 9.59 Å². The van der Waals surface area contributed by atoms with E-state index < -0.39 is 61.7 Å². The number of carbonyl (C=O) groups excluding carboxylic acids is 2. The number of nitrogens with one attached hydrogen (secondary N) is 2. The van der Waals surface area contributed by atoms with Gasteiger partial charge in [0.1, 0.15) is 36.6 Å². The number of carbonyl (C=O) groups is 2. The quantitative estimate of drug-likeness (QED) is 0.0580. The first-order valence-corrected chi connectivity index (χ1v) is 10.3. The molecule has 0 unspecified atom stereocenters. The summed E-state index contributed by atoms with van der Waals surface area (Å²) in [5, 5.41) is 80.1. The van der Waals surface area contributed by atoms with Crippen LogP contribution in [0.15, 0.2) is 10.2 Å². The molecule has 0 aliphatic carbocycles. The Morgan fingerprint density at radius 2 is 1.10 bits per heavy atom. The topological polar surface area (TPSA) is 245 Å². The summed E-state index contributed by atoms with van der Waals surface area (Å²) < 4.78 is 0. The first-order valence-electron chi connectivity index (χ1n) is 9.15. The van der Waals surface area contributed by atoms with Crippen molar-refractivity contribution in [2.45, 2.75) is 49.5 Å². The molecule has 0 aliphatic heterocycles. The van der Waals surface area contributed by atoms with Crippen molar-refractivity contribution in [1.29, 1.82) is 0 Å². The summed E-state index contributed by atoms with van der Waals surface area (Å²) >= 11 is 1.29. The zero-order valence-electron chi connectivity index (χ0n) is 16.6. The normalized spacial score (nSPS) is 17.8.